The molecule has 23 heavy (non-hydrogen) atoms. The molecule has 0 bridgehead atoms. The predicted molar refractivity (Wildman–Crippen MR) is 86.1 cm³/mol. The van der Waals surface area contributed by atoms with Crippen LogP contribution in [0.15, 0.2) is 0 Å². The number of rotatable bonds is 4. The third-order valence-corrected chi connectivity index (χ3v) is 5.03. The van der Waals surface area contributed by atoms with Crippen LogP contribution in [0.3, 0.4) is 0 Å². The molecule has 3 heterocycles. The molecule has 2 amide bonds. The number of nitrogens with one attached hydrogen (secondary N) is 1. The lowest BCUT2D eigenvalue weighted by Gasteiger charge is -2.36. The molecule has 0 aromatic carbocycles. The second-order valence-corrected chi connectivity index (χ2v) is 6.65. The number of nitrogens with zero attached hydrogens (tertiary/aromatic N) is 3. The average molecular weight is 324 g/mol. The zero-order valence-electron chi connectivity index (χ0n) is 13.8. The first-order chi connectivity index (χ1) is 11.2. The van der Waals surface area contributed by atoms with Gasteiger partial charge < -0.3 is 19.9 Å². The van der Waals surface area contributed by atoms with Gasteiger partial charge in [0.05, 0.1) is 19.8 Å². The van der Waals surface area contributed by atoms with E-state index in [1.54, 1.807) is 0 Å². The second kappa shape index (κ2) is 8.08. The minimum Gasteiger partial charge on any atom is -0.379 e. The topological polar surface area (TPSA) is 65.1 Å². The van der Waals surface area contributed by atoms with Gasteiger partial charge in [-0.3, -0.25) is 14.5 Å². The Kier molecular flexibility index (Phi) is 5.85. The van der Waals surface area contributed by atoms with Crippen LogP contribution < -0.4 is 5.32 Å². The molecule has 7 nitrogen and oxygen atoms in total. The van der Waals surface area contributed by atoms with Crippen LogP contribution in [0, 0.1) is 0 Å². The number of carbonyl (C=O) groups is 2. The summed E-state index contributed by atoms with van der Waals surface area (Å²) >= 11 is 0. The Morgan fingerprint density at radius 1 is 0.957 bits per heavy atom. The van der Waals surface area contributed by atoms with Crippen molar-refractivity contribution in [2.24, 2.45) is 0 Å². The van der Waals surface area contributed by atoms with Crippen molar-refractivity contribution in [1.29, 1.82) is 0 Å². The highest BCUT2D eigenvalue weighted by molar-refractivity contribution is 5.80. The molecule has 0 spiro atoms. The van der Waals surface area contributed by atoms with Gasteiger partial charge >= 0.3 is 0 Å². The lowest BCUT2D eigenvalue weighted by molar-refractivity contribution is -0.141. The van der Waals surface area contributed by atoms with Gasteiger partial charge in [-0.1, -0.05) is 0 Å². The number of morpholine rings is 1. The summed E-state index contributed by atoms with van der Waals surface area (Å²) < 4.78 is 5.31. The Morgan fingerprint density at radius 3 is 2.22 bits per heavy atom. The minimum atomic E-state index is 0.177. The largest absolute Gasteiger partial charge is 0.379 e. The summed E-state index contributed by atoms with van der Waals surface area (Å²) in [6, 6.07) is 0.350. The quantitative estimate of drug-likeness (QED) is 0.728. The van der Waals surface area contributed by atoms with Crippen LogP contribution in [0.4, 0.5) is 0 Å². The molecule has 0 aromatic heterocycles. The maximum atomic E-state index is 12.4. The normalized spacial score (nSPS) is 26.5. The summed E-state index contributed by atoms with van der Waals surface area (Å²) in [6.07, 6.45) is 2.87. The van der Waals surface area contributed by atoms with Crippen molar-refractivity contribution in [2.75, 3.05) is 65.6 Å². The monoisotopic (exact) mass is 324 g/mol. The fourth-order valence-electron chi connectivity index (χ4n) is 3.53. The molecule has 3 fully saturated rings. The van der Waals surface area contributed by atoms with Gasteiger partial charge in [-0.05, 0) is 19.4 Å². The fourth-order valence-corrected chi connectivity index (χ4v) is 3.53. The van der Waals surface area contributed by atoms with E-state index in [-0.39, 0.29) is 11.8 Å². The van der Waals surface area contributed by atoms with E-state index < -0.39 is 0 Å². The third kappa shape index (κ3) is 4.65. The molecule has 0 saturated carbocycles. The SMILES string of the molecule is O=C(CC1CCCN1)N1CCN(C(=O)CN2CCOCC2)CC1. The van der Waals surface area contributed by atoms with E-state index in [0.717, 1.165) is 26.1 Å². The first kappa shape index (κ1) is 16.7. The van der Waals surface area contributed by atoms with Gasteiger partial charge in [0, 0.05) is 51.7 Å². The van der Waals surface area contributed by atoms with Gasteiger partial charge in [0.15, 0.2) is 0 Å². The van der Waals surface area contributed by atoms with Crippen molar-refractivity contribution in [2.45, 2.75) is 25.3 Å². The maximum Gasteiger partial charge on any atom is 0.236 e. The van der Waals surface area contributed by atoms with Crippen LogP contribution >= 0.6 is 0 Å². The molecular weight excluding hydrogens is 296 g/mol. The Balaban J connectivity index is 1.38. The molecule has 130 valence electrons. The van der Waals surface area contributed by atoms with Crippen LogP contribution in [-0.4, -0.2) is 98.1 Å². The van der Waals surface area contributed by atoms with Crippen LogP contribution in [0.5, 0.6) is 0 Å². The molecule has 0 aromatic rings. The van der Waals surface area contributed by atoms with Gasteiger partial charge in [0.1, 0.15) is 0 Å². The number of ether oxygens (including phenoxy) is 1. The van der Waals surface area contributed by atoms with Gasteiger partial charge in [0.25, 0.3) is 0 Å². The molecule has 1 N–H and O–H groups in total. The van der Waals surface area contributed by atoms with Crippen molar-refractivity contribution in [3.05, 3.63) is 0 Å². The minimum absolute atomic E-state index is 0.177. The lowest BCUT2D eigenvalue weighted by atomic mass is 10.1. The summed E-state index contributed by atoms with van der Waals surface area (Å²) in [7, 11) is 0. The molecule has 1 atom stereocenters. The number of hydrogen-bond acceptors (Lipinski definition) is 5. The molecule has 3 aliphatic heterocycles. The number of carbonyl (C=O) groups excluding carboxylic acids is 2. The van der Waals surface area contributed by atoms with Crippen molar-refractivity contribution >= 4 is 11.8 Å². The smallest absolute Gasteiger partial charge is 0.236 e. The summed E-state index contributed by atoms with van der Waals surface area (Å²) in [5.74, 6) is 0.404. The van der Waals surface area contributed by atoms with Gasteiger partial charge in [-0.15, -0.1) is 0 Å². The number of amides is 2. The molecule has 1 unspecified atom stereocenters. The third-order valence-electron chi connectivity index (χ3n) is 5.03. The van der Waals surface area contributed by atoms with E-state index in [9.17, 15) is 9.59 Å². The zero-order chi connectivity index (χ0) is 16.1. The Labute approximate surface area is 137 Å². The van der Waals surface area contributed by atoms with E-state index in [1.807, 2.05) is 9.80 Å². The van der Waals surface area contributed by atoms with Crippen LogP contribution in [0.1, 0.15) is 19.3 Å². The number of piperazine rings is 1. The van der Waals surface area contributed by atoms with Crippen LogP contribution in [0.2, 0.25) is 0 Å². The molecule has 3 saturated heterocycles. The summed E-state index contributed by atoms with van der Waals surface area (Å²) in [5.41, 5.74) is 0. The fraction of sp³-hybridized carbons (Fsp3) is 0.875. The molecule has 0 radical (unpaired) electrons. The summed E-state index contributed by atoms with van der Waals surface area (Å²) in [4.78, 5) is 30.6. The maximum absolute atomic E-state index is 12.4. The van der Waals surface area contributed by atoms with Crippen molar-refractivity contribution in [1.82, 2.24) is 20.0 Å². The van der Waals surface area contributed by atoms with Crippen molar-refractivity contribution in [3.8, 4) is 0 Å². The Hall–Kier alpha value is -1.18. The first-order valence-corrected chi connectivity index (χ1v) is 8.81. The lowest BCUT2D eigenvalue weighted by Crippen LogP contribution is -2.53. The van der Waals surface area contributed by atoms with E-state index in [0.29, 0.717) is 58.4 Å². The predicted octanol–water partition coefficient (Wildman–Crippen LogP) is -0.868. The highest BCUT2D eigenvalue weighted by atomic mass is 16.5. The van der Waals surface area contributed by atoms with Crippen LogP contribution in [-0.2, 0) is 14.3 Å². The molecule has 0 aliphatic carbocycles. The van der Waals surface area contributed by atoms with Gasteiger partial charge in [-0.2, -0.15) is 0 Å². The molecule has 3 rings (SSSR count). The van der Waals surface area contributed by atoms with E-state index in [4.69, 9.17) is 4.74 Å². The first-order valence-electron chi connectivity index (χ1n) is 8.81. The second-order valence-electron chi connectivity index (χ2n) is 6.65. The van der Waals surface area contributed by atoms with E-state index in [2.05, 4.69) is 10.2 Å². The standard InChI is InChI=1S/C16H28N4O3/c21-15(12-14-2-1-3-17-14)19-4-6-20(7-5-19)16(22)13-18-8-10-23-11-9-18/h14,17H,1-13H2. The molecule has 3 aliphatic rings. The van der Waals surface area contributed by atoms with E-state index in [1.165, 1.54) is 6.42 Å². The molecule has 7 heteroatoms. The molecular formula is C16H28N4O3. The zero-order valence-corrected chi connectivity index (χ0v) is 13.8. The summed E-state index contributed by atoms with van der Waals surface area (Å²) in [6.45, 7) is 7.25. The number of hydrogen-bond donors (Lipinski definition) is 1. The highest BCUT2D eigenvalue weighted by Gasteiger charge is 2.27. The van der Waals surface area contributed by atoms with Crippen LogP contribution in [0.25, 0.3) is 0 Å². The van der Waals surface area contributed by atoms with Gasteiger partial charge in [0.2, 0.25) is 11.8 Å². The average Bonchev–Trinajstić information content (AvgIpc) is 3.09. The highest BCUT2D eigenvalue weighted by Crippen LogP contribution is 2.12. The Bertz CT molecular complexity index is 412. The Morgan fingerprint density at radius 2 is 1.61 bits per heavy atom. The van der Waals surface area contributed by atoms with Crippen molar-refractivity contribution < 1.29 is 14.3 Å². The van der Waals surface area contributed by atoms with Crippen molar-refractivity contribution in [3.63, 3.8) is 0 Å². The summed E-state index contributed by atoms with van der Waals surface area (Å²) in [5, 5.41) is 3.37. The van der Waals surface area contributed by atoms with Gasteiger partial charge in [-0.25, -0.2) is 0 Å². The van der Waals surface area contributed by atoms with E-state index >= 15 is 0 Å².